The summed E-state index contributed by atoms with van der Waals surface area (Å²) in [6.45, 7) is 2.47. The van der Waals surface area contributed by atoms with Gasteiger partial charge in [-0.1, -0.05) is 6.07 Å². The first-order valence-corrected chi connectivity index (χ1v) is 5.04. The van der Waals surface area contributed by atoms with E-state index in [0.29, 0.717) is 12.4 Å². The van der Waals surface area contributed by atoms with Gasteiger partial charge in [0.15, 0.2) is 0 Å². The van der Waals surface area contributed by atoms with Gasteiger partial charge in [-0.05, 0) is 31.2 Å². The topological polar surface area (TPSA) is 29.3 Å². The van der Waals surface area contributed by atoms with E-state index in [2.05, 4.69) is 4.98 Å². The third-order valence-corrected chi connectivity index (χ3v) is 2.28. The molecule has 4 heteroatoms. The molecule has 0 aliphatic rings. The molecule has 0 spiro atoms. The zero-order valence-corrected chi connectivity index (χ0v) is 9.27. The van der Waals surface area contributed by atoms with Gasteiger partial charge < -0.3 is 9.32 Å². The molecule has 0 atom stereocenters. The van der Waals surface area contributed by atoms with Gasteiger partial charge in [-0.15, -0.1) is 0 Å². The SMILES string of the molecule is Cc1ccc(CN(C)c2cccc(F)n2)o1. The predicted octanol–water partition coefficient (Wildman–Crippen LogP) is 2.76. The molecule has 2 heterocycles. The van der Waals surface area contributed by atoms with Gasteiger partial charge in [0.05, 0.1) is 6.54 Å². The minimum Gasteiger partial charge on any atom is -0.464 e. The fourth-order valence-electron chi connectivity index (χ4n) is 1.50. The van der Waals surface area contributed by atoms with Gasteiger partial charge >= 0.3 is 0 Å². The Bertz CT molecular complexity index is 481. The molecule has 0 amide bonds. The first-order chi connectivity index (χ1) is 7.65. The van der Waals surface area contributed by atoms with Crippen LogP contribution in [-0.2, 0) is 6.54 Å². The Hall–Kier alpha value is -1.84. The van der Waals surface area contributed by atoms with Crippen molar-refractivity contribution in [2.24, 2.45) is 0 Å². The number of rotatable bonds is 3. The van der Waals surface area contributed by atoms with Crippen molar-refractivity contribution in [3.63, 3.8) is 0 Å². The molecule has 0 fully saturated rings. The number of pyridine rings is 1. The van der Waals surface area contributed by atoms with Gasteiger partial charge in [-0.2, -0.15) is 4.39 Å². The summed E-state index contributed by atoms with van der Waals surface area (Å²) in [6.07, 6.45) is 0. The molecule has 0 saturated heterocycles. The lowest BCUT2D eigenvalue weighted by molar-refractivity contribution is 0.480. The van der Waals surface area contributed by atoms with E-state index in [4.69, 9.17) is 4.42 Å². The van der Waals surface area contributed by atoms with E-state index in [0.717, 1.165) is 11.5 Å². The summed E-state index contributed by atoms with van der Waals surface area (Å²) in [5, 5.41) is 0. The molecule has 3 nitrogen and oxygen atoms in total. The third-order valence-electron chi connectivity index (χ3n) is 2.28. The highest BCUT2D eigenvalue weighted by molar-refractivity contribution is 5.37. The van der Waals surface area contributed by atoms with Crippen LogP contribution >= 0.6 is 0 Å². The largest absolute Gasteiger partial charge is 0.464 e. The lowest BCUT2D eigenvalue weighted by Crippen LogP contribution is -2.17. The zero-order valence-electron chi connectivity index (χ0n) is 9.27. The molecular weight excluding hydrogens is 207 g/mol. The van der Waals surface area contributed by atoms with Gasteiger partial charge in [0.25, 0.3) is 0 Å². The van der Waals surface area contributed by atoms with Crippen LogP contribution in [0, 0.1) is 12.9 Å². The summed E-state index contributed by atoms with van der Waals surface area (Å²) in [5.41, 5.74) is 0. The van der Waals surface area contributed by atoms with E-state index >= 15 is 0 Å². The van der Waals surface area contributed by atoms with E-state index in [9.17, 15) is 4.39 Å². The van der Waals surface area contributed by atoms with Crippen molar-refractivity contribution in [2.45, 2.75) is 13.5 Å². The van der Waals surface area contributed by atoms with Crippen LogP contribution in [0.5, 0.6) is 0 Å². The van der Waals surface area contributed by atoms with Crippen molar-refractivity contribution in [3.8, 4) is 0 Å². The monoisotopic (exact) mass is 220 g/mol. The average molecular weight is 220 g/mol. The number of furan rings is 1. The quantitative estimate of drug-likeness (QED) is 0.745. The number of halogens is 1. The summed E-state index contributed by atoms with van der Waals surface area (Å²) in [6, 6.07) is 8.54. The van der Waals surface area contributed by atoms with E-state index in [1.54, 1.807) is 12.1 Å². The molecule has 0 unspecified atom stereocenters. The first kappa shape index (κ1) is 10.7. The smallest absolute Gasteiger partial charge is 0.214 e. The normalized spacial score (nSPS) is 10.4. The summed E-state index contributed by atoms with van der Waals surface area (Å²) >= 11 is 0. The number of aromatic nitrogens is 1. The van der Waals surface area contributed by atoms with E-state index in [1.807, 2.05) is 31.0 Å². The fraction of sp³-hybridized carbons (Fsp3) is 0.250. The van der Waals surface area contributed by atoms with Crippen molar-refractivity contribution in [2.75, 3.05) is 11.9 Å². The Morgan fingerprint density at radius 1 is 1.31 bits per heavy atom. The lowest BCUT2D eigenvalue weighted by atomic mass is 10.4. The van der Waals surface area contributed by atoms with E-state index in [1.165, 1.54) is 6.07 Å². The van der Waals surface area contributed by atoms with Gasteiger partial charge in [0, 0.05) is 7.05 Å². The summed E-state index contributed by atoms with van der Waals surface area (Å²) in [7, 11) is 1.85. The van der Waals surface area contributed by atoms with Crippen LogP contribution in [-0.4, -0.2) is 12.0 Å². The van der Waals surface area contributed by atoms with Gasteiger partial charge in [-0.25, -0.2) is 4.98 Å². The standard InChI is InChI=1S/C12H13FN2O/c1-9-6-7-10(16-9)8-15(2)12-5-3-4-11(13)14-12/h3-7H,8H2,1-2H3. The highest BCUT2D eigenvalue weighted by atomic mass is 19.1. The van der Waals surface area contributed by atoms with Crippen LogP contribution in [0.25, 0.3) is 0 Å². The predicted molar refractivity (Wildman–Crippen MR) is 59.7 cm³/mol. The Labute approximate surface area is 93.5 Å². The van der Waals surface area contributed by atoms with Crippen molar-refractivity contribution in [3.05, 3.63) is 47.8 Å². The van der Waals surface area contributed by atoms with Crippen LogP contribution in [0.15, 0.2) is 34.7 Å². The maximum absolute atomic E-state index is 12.9. The molecule has 2 rings (SSSR count). The third kappa shape index (κ3) is 2.39. The second-order valence-corrected chi connectivity index (χ2v) is 3.69. The van der Waals surface area contributed by atoms with Gasteiger partial charge in [0.2, 0.25) is 5.95 Å². The van der Waals surface area contributed by atoms with E-state index < -0.39 is 5.95 Å². The number of hydrogen-bond donors (Lipinski definition) is 0. The van der Waals surface area contributed by atoms with Crippen molar-refractivity contribution < 1.29 is 8.81 Å². The summed E-state index contributed by atoms with van der Waals surface area (Å²) in [4.78, 5) is 5.63. The van der Waals surface area contributed by atoms with Crippen molar-refractivity contribution in [1.82, 2.24) is 4.98 Å². The molecule has 16 heavy (non-hydrogen) atoms. The first-order valence-electron chi connectivity index (χ1n) is 5.04. The molecule has 0 N–H and O–H groups in total. The maximum Gasteiger partial charge on any atom is 0.214 e. The average Bonchev–Trinajstić information content (AvgIpc) is 2.64. The highest BCUT2D eigenvalue weighted by Gasteiger charge is 2.06. The molecule has 2 aromatic heterocycles. The molecular formula is C12H13FN2O. The Balaban J connectivity index is 2.11. The van der Waals surface area contributed by atoms with Crippen LogP contribution in [0.2, 0.25) is 0 Å². The minimum absolute atomic E-state index is 0.472. The zero-order chi connectivity index (χ0) is 11.5. The molecule has 84 valence electrons. The molecule has 0 aromatic carbocycles. The number of nitrogens with zero attached hydrogens (tertiary/aromatic N) is 2. The van der Waals surface area contributed by atoms with Crippen molar-refractivity contribution >= 4 is 5.82 Å². The van der Waals surface area contributed by atoms with Crippen LogP contribution in [0.4, 0.5) is 10.2 Å². The van der Waals surface area contributed by atoms with Crippen LogP contribution in [0.3, 0.4) is 0 Å². The highest BCUT2D eigenvalue weighted by Crippen LogP contribution is 2.14. The second-order valence-electron chi connectivity index (χ2n) is 3.69. The molecule has 0 aliphatic heterocycles. The summed E-state index contributed by atoms with van der Waals surface area (Å²) in [5.74, 6) is 1.83. The molecule has 0 aliphatic carbocycles. The van der Waals surface area contributed by atoms with E-state index in [-0.39, 0.29) is 0 Å². The molecule has 0 radical (unpaired) electrons. The summed E-state index contributed by atoms with van der Waals surface area (Å²) < 4.78 is 18.4. The number of anilines is 1. The lowest BCUT2D eigenvalue weighted by Gasteiger charge is -2.16. The van der Waals surface area contributed by atoms with Gasteiger partial charge in [-0.3, -0.25) is 0 Å². The Kier molecular flexibility index (Phi) is 2.90. The Morgan fingerprint density at radius 2 is 2.12 bits per heavy atom. The Morgan fingerprint density at radius 3 is 2.75 bits per heavy atom. The molecule has 0 saturated carbocycles. The fourth-order valence-corrected chi connectivity index (χ4v) is 1.50. The van der Waals surface area contributed by atoms with Gasteiger partial charge in [0.1, 0.15) is 17.3 Å². The molecule has 2 aromatic rings. The van der Waals surface area contributed by atoms with Crippen LogP contribution < -0.4 is 4.90 Å². The number of aryl methyl sites for hydroxylation is 1. The second kappa shape index (κ2) is 4.35. The number of hydrogen-bond acceptors (Lipinski definition) is 3. The minimum atomic E-state index is -0.472. The van der Waals surface area contributed by atoms with Crippen molar-refractivity contribution in [1.29, 1.82) is 0 Å². The maximum atomic E-state index is 12.9. The molecule has 0 bridgehead atoms. The van der Waals surface area contributed by atoms with Crippen LogP contribution in [0.1, 0.15) is 11.5 Å².